The maximum absolute atomic E-state index is 12.1. The highest BCUT2D eigenvalue weighted by atomic mass is 32.1. The number of hydrogen-bond acceptors (Lipinski definition) is 3. The fourth-order valence-electron chi connectivity index (χ4n) is 1.46. The van der Waals surface area contributed by atoms with Crippen molar-refractivity contribution in [2.75, 3.05) is 5.73 Å². The van der Waals surface area contributed by atoms with Gasteiger partial charge in [0.2, 0.25) is 5.78 Å². The van der Waals surface area contributed by atoms with E-state index in [9.17, 15) is 4.79 Å². The van der Waals surface area contributed by atoms with Crippen LogP contribution in [-0.2, 0) is 0 Å². The Kier molecular flexibility index (Phi) is 2.79. The van der Waals surface area contributed by atoms with E-state index in [-0.39, 0.29) is 5.78 Å². The van der Waals surface area contributed by atoms with Gasteiger partial charge in [-0.25, -0.2) is 0 Å². The Labute approximate surface area is 98.7 Å². The van der Waals surface area contributed by atoms with E-state index in [1.807, 2.05) is 19.9 Å². The second-order valence-corrected chi connectivity index (χ2v) is 5.06. The van der Waals surface area contributed by atoms with Gasteiger partial charge < -0.3 is 5.73 Å². The third-order valence-electron chi connectivity index (χ3n) is 2.56. The van der Waals surface area contributed by atoms with Gasteiger partial charge in [0, 0.05) is 16.1 Å². The molecule has 0 saturated heterocycles. The fraction of sp³-hybridized carbons (Fsp3) is 0.154. The van der Waals surface area contributed by atoms with Gasteiger partial charge >= 0.3 is 0 Å². The molecule has 2 aromatic rings. The molecule has 0 fully saturated rings. The molecule has 2 nitrogen and oxygen atoms in total. The number of ketones is 1. The molecule has 2 rings (SSSR count). The highest BCUT2D eigenvalue weighted by Gasteiger charge is 2.12. The summed E-state index contributed by atoms with van der Waals surface area (Å²) in [5, 5.41) is 0. The first-order chi connectivity index (χ1) is 7.58. The molecule has 2 N–H and O–H groups in total. The van der Waals surface area contributed by atoms with Crippen LogP contribution in [0.5, 0.6) is 0 Å². The summed E-state index contributed by atoms with van der Waals surface area (Å²) in [5.74, 6) is 0.0706. The second kappa shape index (κ2) is 4.10. The summed E-state index contributed by atoms with van der Waals surface area (Å²) in [6, 6.07) is 8.98. The predicted molar refractivity (Wildman–Crippen MR) is 68.1 cm³/mol. The smallest absolute Gasteiger partial charge is 0.202 e. The number of carbonyl (C=O) groups excluding carboxylic acids is 1. The number of thiophene rings is 1. The van der Waals surface area contributed by atoms with E-state index < -0.39 is 0 Å². The molecular formula is C13H13NOS. The van der Waals surface area contributed by atoms with Crippen LogP contribution in [0.2, 0.25) is 0 Å². The Balaban J connectivity index is 2.35. The SMILES string of the molecule is Cc1cc(C(=O)c2ccc(N)cc2)sc1C. The van der Waals surface area contributed by atoms with Gasteiger partial charge in [-0.3, -0.25) is 4.79 Å². The lowest BCUT2D eigenvalue weighted by atomic mass is 10.1. The molecule has 0 radical (unpaired) electrons. The molecule has 0 unspecified atom stereocenters. The summed E-state index contributed by atoms with van der Waals surface area (Å²) in [6.45, 7) is 4.05. The van der Waals surface area contributed by atoms with Crippen LogP contribution in [0.4, 0.5) is 5.69 Å². The van der Waals surface area contributed by atoms with Crippen LogP contribution in [0.1, 0.15) is 25.7 Å². The first kappa shape index (κ1) is 10.9. The van der Waals surface area contributed by atoms with Gasteiger partial charge in [0.05, 0.1) is 4.88 Å². The van der Waals surface area contributed by atoms with Gasteiger partial charge in [0.15, 0.2) is 0 Å². The zero-order chi connectivity index (χ0) is 11.7. The zero-order valence-electron chi connectivity index (χ0n) is 9.28. The zero-order valence-corrected chi connectivity index (χ0v) is 10.1. The number of rotatable bonds is 2. The minimum absolute atomic E-state index is 0.0706. The predicted octanol–water partition coefficient (Wildman–Crippen LogP) is 3.18. The van der Waals surface area contributed by atoms with E-state index in [0.717, 1.165) is 4.88 Å². The van der Waals surface area contributed by atoms with Crippen molar-refractivity contribution in [2.45, 2.75) is 13.8 Å². The highest BCUT2D eigenvalue weighted by Crippen LogP contribution is 2.23. The summed E-state index contributed by atoms with van der Waals surface area (Å²) in [4.78, 5) is 14.1. The lowest BCUT2D eigenvalue weighted by molar-refractivity contribution is 0.104. The molecule has 0 amide bonds. The largest absolute Gasteiger partial charge is 0.399 e. The third-order valence-corrected chi connectivity index (χ3v) is 3.71. The summed E-state index contributed by atoms with van der Waals surface area (Å²) >= 11 is 1.54. The van der Waals surface area contributed by atoms with E-state index >= 15 is 0 Å². The lowest BCUT2D eigenvalue weighted by Crippen LogP contribution is -1.98. The van der Waals surface area contributed by atoms with Crippen molar-refractivity contribution in [2.24, 2.45) is 0 Å². The highest BCUT2D eigenvalue weighted by molar-refractivity contribution is 7.14. The number of carbonyl (C=O) groups is 1. The average Bonchev–Trinajstić information content (AvgIpc) is 2.59. The standard InChI is InChI=1S/C13H13NOS/c1-8-7-12(16-9(8)2)13(15)10-3-5-11(14)6-4-10/h3-7H,14H2,1-2H3. The van der Waals surface area contributed by atoms with Crippen molar-refractivity contribution in [1.82, 2.24) is 0 Å². The first-order valence-corrected chi connectivity index (χ1v) is 5.87. The molecule has 3 heteroatoms. The summed E-state index contributed by atoms with van der Waals surface area (Å²) in [5.41, 5.74) is 8.12. The van der Waals surface area contributed by atoms with Gasteiger partial charge in [0.1, 0.15) is 0 Å². The van der Waals surface area contributed by atoms with Crippen LogP contribution < -0.4 is 5.73 Å². The molecule has 0 aliphatic heterocycles. The number of benzene rings is 1. The Morgan fingerprint density at radius 3 is 2.31 bits per heavy atom. The number of aryl methyl sites for hydroxylation is 2. The summed E-state index contributed by atoms with van der Waals surface area (Å²) in [6.07, 6.45) is 0. The fourth-order valence-corrected chi connectivity index (χ4v) is 2.46. The van der Waals surface area contributed by atoms with E-state index in [4.69, 9.17) is 5.73 Å². The minimum atomic E-state index is 0.0706. The molecule has 1 aromatic heterocycles. The van der Waals surface area contributed by atoms with Crippen LogP contribution in [-0.4, -0.2) is 5.78 Å². The van der Waals surface area contributed by atoms with E-state index in [2.05, 4.69) is 0 Å². The van der Waals surface area contributed by atoms with Crippen molar-refractivity contribution in [3.8, 4) is 0 Å². The van der Waals surface area contributed by atoms with Gasteiger partial charge in [-0.2, -0.15) is 0 Å². The van der Waals surface area contributed by atoms with Crippen molar-refractivity contribution in [1.29, 1.82) is 0 Å². The number of hydrogen-bond donors (Lipinski definition) is 1. The van der Waals surface area contributed by atoms with Crippen LogP contribution in [0.3, 0.4) is 0 Å². The van der Waals surface area contributed by atoms with Crippen molar-refractivity contribution >= 4 is 22.8 Å². The molecule has 1 heterocycles. The molecular weight excluding hydrogens is 218 g/mol. The molecule has 0 saturated carbocycles. The average molecular weight is 231 g/mol. The normalized spacial score (nSPS) is 10.4. The Morgan fingerprint density at radius 2 is 1.81 bits per heavy atom. The quantitative estimate of drug-likeness (QED) is 0.637. The van der Waals surface area contributed by atoms with Gasteiger partial charge in [-0.15, -0.1) is 11.3 Å². The van der Waals surface area contributed by atoms with Crippen molar-refractivity contribution in [3.63, 3.8) is 0 Å². The maximum Gasteiger partial charge on any atom is 0.202 e. The van der Waals surface area contributed by atoms with Crippen LogP contribution in [0, 0.1) is 13.8 Å². The third kappa shape index (κ3) is 1.99. The molecule has 0 aliphatic rings. The molecule has 1 aromatic carbocycles. The molecule has 0 aliphatic carbocycles. The van der Waals surface area contributed by atoms with Crippen LogP contribution >= 0.6 is 11.3 Å². The van der Waals surface area contributed by atoms with Crippen LogP contribution in [0.15, 0.2) is 30.3 Å². The lowest BCUT2D eigenvalue weighted by Gasteiger charge is -1.98. The Morgan fingerprint density at radius 1 is 1.19 bits per heavy atom. The number of anilines is 1. The summed E-state index contributed by atoms with van der Waals surface area (Å²) < 4.78 is 0. The van der Waals surface area contributed by atoms with Crippen molar-refractivity contribution in [3.05, 3.63) is 51.2 Å². The Bertz CT molecular complexity index is 506. The second-order valence-electron chi connectivity index (χ2n) is 3.80. The van der Waals surface area contributed by atoms with E-state index in [0.29, 0.717) is 11.3 Å². The minimum Gasteiger partial charge on any atom is -0.399 e. The first-order valence-electron chi connectivity index (χ1n) is 5.05. The Hall–Kier alpha value is -1.61. The van der Waals surface area contributed by atoms with Gasteiger partial charge in [-0.05, 0) is 49.7 Å². The molecule has 16 heavy (non-hydrogen) atoms. The molecule has 82 valence electrons. The van der Waals surface area contributed by atoms with Gasteiger partial charge in [-0.1, -0.05) is 0 Å². The van der Waals surface area contributed by atoms with Crippen molar-refractivity contribution < 1.29 is 4.79 Å². The summed E-state index contributed by atoms with van der Waals surface area (Å²) in [7, 11) is 0. The monoisotopic (exact) mass is 231 g/mol. The van der Waals surface area contributed by atoms with Gasteiger partial charge in [0.25, 0.3) is 0 Å². The molecule has 0 bridgehead atoms. The van der Waals surface area contributed by atoms with Crippen LogP contribution in [0.25, 0.3) is 0 Å². The van der Waals surface area contributed by atoms with E-state index in [1.54, 1.807) is 35.6 Å². The number of nitrogens with two attached hydrogens (primary N) is 1. The number of nitrogen functional groups attached to an aromatic ring is 1. The molecule has 0 spiro atoms. The van der Waals surface area contributed by atoms with E-state index in [1.165, 1.54) is 10.4 Å². The molecule has 0 atom stereocenters. The topological polar surface area (TPSA) is 43.1 Å². The maximum atomic E-state index is 12.1.